The summed E-state index contributed by atoms with van der Waals surface area (Å²) < 4.78 is 6.22. The molecule has 0 radical (unpaired) electrons. The standard InChI is InChI=1S/C11H18N4O3/c1-4-11(3,10(13)17)15-6-14-7(8(15)12)9(16)18-5-2/h6H,4-5,12H2,1-3H3,(H2,13,17). The van der Waals surface area contributed by atoms with Gasteiger partial charge >= 0.3 is 5.97 Å². The number of rotatable bonds is 5. The van der Waals surface area contributed by atoms with Crippen molar-refractivity contribution in [3.05, 3.63) is 12.0 Å². The van der Waals surface area contributed by atoms with Gasteiger partial charge in [-0.05, 0) is 20.3 Å². The smallest absolute Gasteiger partial charge is 0.360 e. The molecule has 100 valence electrons. The average Bonchev–Trinajstić information content (AvgIpc) is 2.70. The van der Waals surface area contributed by atoms with Crippen LogP contribution in [0.1, 0.15) is 37.7 Å². The first kappa shape index (κ1) is 14.0. The third-order valence-corrected chi connectivity index (χ3v) is 3.02. The molecule has 1 aromatic heterocycles. The molecule has 1 heterocycles. The molecule has 18 heavy (non-hydrogen) atoms. The van der Waals surface area contributed by atoms with Gasteiger partial charge in [0.25, 0.3) is 0 Å². The number of carbonyl (C=O) groups is 2. The van der Waals surface area contributed by atoms with Gasteiger partial charge in [-0.3, -0.25) is 4.79 Å². The molecule has 0 aliphatic heterocycles. The van der Waals surface area contributed by atoms with E-state index in [-0.39, 0.29) is 18.1 Å². The van der Waals surface area contributed by atoms with Crippen molar-refractivity contribution < 1.29 is 14.3 Å². The van der Waals surface area contributed by atoms with E-state index < -0.39 is 17.4 Å². The van der Waals surface area contributed by atoms with E-state index in [9.17, 15) is 9.59 Å². The van der Waals surface area contributed by atoms with E-state index in [1.807, 2.05) is 0 Å². The van der Waals surface area contributed by atoms with E-state index in [0.29, 0.717) is 6.42 Å². The highest BCUT2D eigenvalue weighted by Gasteiger charge is 2.34. The summed E-state index contributed by atoms with van der Waals surface area (Å²) in [6, 6.07) is 0. The normalized spacial score (nSPS) is 13.9. The summed E-state index contributed by atoms with van der Waals surface area (Å²) in [7, 11) is 0. The Morgan fingerprint density at radius 1 is 1.50 bits per heavy atom. The Balaban J connectivity index is 3.21. The SMILES string of the molecule is CCOC(=O)c1ncn(C(C)(CC)C(N)=O)c1N. The van der Waals surface area contributed by atoms with Crippen molar-refractivity contribution in [1.29, 1.82) is 0 Å². The largest absolute Gasteiger partial charge is 0.461 e. The molecule has 0 aliphatic rings. The maximum atomic E-state index is 11.6. The number of nitrogens with two attached hydrogens (primary N) is 2. The molecule has 7 nitrogen and oxygen atoms in total. The first-order valence-electron chi connectivity index (χ1n) is 5.68. The van der Waals surface area contributed by atoms with Crippen molar-refractivity contribution in [1.82, 2.24) is 9.55 Å². The van der Waals surface area contributed by atoms with Crippen LogP contribution in [0.2, 0.25) is 0 Å². The summed E-state index contributed by atoms with van der Waals surface area (Å²) in [6.07, 6.45) is 1.76. The lowest BCUT2D eigenvalue weighted by Gasteiger charge is -2.27. The number of anilines is 1. The third-order valence-electron chi connectivity index (χ3n) is 3.02. The lowest BCUT2D eigenvalue weighted by atomic mass is 9.98. The minimum Gasteiger partial charge on any atom is -0.461 e. The fourth-order valence-electron chi connectivity index (χ4n) is 1.57. The van der Waals surface area contributed by atoms with Gasteiger partial charge in [-0.1, -0.05) is 6.92 Å². The zero-order valence-electron chi connectivity index (χ0n) is 10.8. The molecule has 0 spiro atoms. The zero-order valence-corrected chi connectivity index (χ0v) is 10.8. The fraction of sp³-hybridized carbons (Fsp3) is 0.545. The second kappa shape index (κ2) is 5.07. The number of ether oxygens (including phenoxy) is 1. The van der Waals surface area contributed by atoms with E-state index >= 15 is 0 Å². The van der Waals surface area contributed by atoms with Gasteiger partial charge in [0, 0.05) is 0 Å². The van der Waals surface area contributed by atoms with Crippen LogP contribution >= 0.6 is 0 Å². The summed E-state index contributed by atoms with van der Waals surface area (Å²) in [5.74, 6) is -1.07. The molecule has 0 saturated heterocycles. The average molecular weight is 254 g/mol. The molecule has 1 unspecified atom stereocenters. The molecule has 0 aromatic carbocycles. The van der Waals surface area contributed by atoms with Crippen molar-refractivity contribution in [2.75, 3.05) is 12.3 Å². The lowest BCUT2D eigenvalue weighted by molar-refractivity contribution is -0.125. The van der Waals surface area contributed by atoms with Crippen LogP contribution in [-0.4, -0.2) is 28.0 Å². The number of aromatic nitrogens is 2. The van der Waals surface area contributed by atoms with Gasteiger partial charge in [-0.25, -0.2) is 9.78 Å². The molecule has 0 saturated carbocycles. The molecule has 1 rings (SSSR count). The molecular formula is C11H18N4O3. The van der Waals surface area contributed by atoms with Gasteiger partial charge < -0.3 is 20.8 Å². The summed E-state index contributed by atoms with van der Waals surface area (Å²) in [5.41, 5.74) is 10.2. The molecule has 7 heteroatoms. The topological polar surface area (TPSA) is 113 Å². The van der Waals surface area contributed by atoms with E-state index in [1.54, 1.807) is 20.8 Å². The highest BCUT2D eigenvalue weighted by molar-refractivity contribution is 5.93. The van der Waals surface area contributed by atoms with Crippen molar-refractivity contribution in [3.63, 3.8) is 0 Å². The van der Waals surface area contributed by atoms with Gasteiger partial charge in [0.1, 0.15) is 11.4 Å². The number of carbonyl (C=O) groups excluding carboxylic acids is 2. The summed E-state index contributed by atoms with van der Waals surface area (Å²) in [6.45, 7) is 5.35. The molecular weight excluding hydrogens is 236 g/mol. The van der Waals surface area contributed by atoms with Gasteiger partial charge in [-0.2, -0.15) is 0 Å². The van der Waals surface area contributed by atoms with Crippen molar-refractivity contribution in [2.24, 2.45) is 5.73 Å². The van der Waals surface area contributed by atoms with Crippen molar-refractivity contribution in [2.45, 2.75) is 32.7 Å². The van der Waals surface area contributed by atoms with Gasteiger partial charge in [0.15, 0.2) is 5.69 Å². The first-order chi connectivity index (χ1) is 8.38. The number of amides is 1. The number of hydrogen-bond acceptors (Lipinski definition) is 5. The Morgan fingerprint density at radius 2 is 2.11 bits per heavy atom. The van der Waals surface area contributed by atoms with E-state index in [1.165, 1.54) is 10.9 Å². The van der Waals surface area contributed by atoms with E-state index in [2.05, 4.69) is 4.98 Å². The van der Waals surface area contributed by atoms with Gasteiger partial charge in [0.05, 0.1) is 12.9 Å². The lowest BCUT2D eigenvalue weighted by Crippen LogP contribution is -2.43. The van der Waals surface area contributed by atoms with Crippen LogP contribution < -0.4 is 11.5 Å². The predicted octanol–water partition coefficient (Wildman–Crippen LogP) is 0.253. The van der Waals surface area contributed by atoms with Crippen LogP contribution in [0.25, 0.3) is 0 Å². The second-order valence-corrected chi connectivity index (χ2v) is 4.06. The number of nitrogens with zero attached hydrogens (tertiary/aromatic N) is 2. The van der Waals surface area contributed by atoms with Crippen LogP contribution in [-0.2, 0) is 15.1 Å². The third kappa shape index (κ3) is 2.15. The zero-order chi connectivity index (χ0) is 13.9. The number of nitrogen functional groups attached to an aromatic ring is 1. The molecule has 1 atom stereocenters. The van der Waals surface area contributed by atoms with Gasteiger partial charge in [0.2, 0.25) is 5.91 Å². The monoisotopic (exact) mass is 254 g/mol. The molecule has 4 N–H and O–H groups in total. The quantitative estimate of drug-likeness (QED) is 0.731. The maximum Gasteiger partial charge on any atom is 0.360 e. The van der Waals surface area contributed by atoms with Crippen molar-refractivity contribution in [3.8, 4) is 0 Å². The minimum absolute atomic E-state index is 0.00206. The second-order valence-electron chi connectivity index (χ2n) is 4.06. The Hall–Kier alpha value is -2.05. The van der Waals surface area contributed by atoms with Crippen molar-refractivity contribution >= 4 is 17.7 Å². The summed E-state index contributed by atoms with van der Waals surface area (Å²) in [5, 5.41) is 0. The number of hydrogen-bond donors (Lipinski definition) is 2. The predicted molar refractivity (Wildman–Crippen MR) is 65.7 cm³/mol. The molecule has 0 aliphatic carbocycles. The van der Waals surface area contributed by atoms with Crippen LogP contribution in [0.5, 0.6) is 0 Å². The molecule has 0 fully saturated rings. The number of primary amides is 1. The van der Waals surface area contributed by atoms with E-state index in [0.717, 1.165) is 0 Å². The minimum atomic E-state index is -1.01. The highest BCUT2D eigenvalue weighted by atomic mass is 16.5. The summed E-state index contributed by atoms with van der Waals surface area (Å²) in [4.78, 5) is 27.0. The number of imidazole rings is 1. The Kier molecular flexibility index (Phi) is 3.95. The molecule has 1 amide bonds. The summed E-state index contributed by atoms with van der Waals surface area (Å²) >= 11 is 0. The molecule has 0 bridgehead atoms. The first-order valence-corrected chi connectivity index (χ1v) is 5.68. The Morgan fingerprint density at radius 3 is 2.56 bits per heavy atom. The Bertz CT molecular complexity index is 469. The van der Waals surface area contributed by atoms with Crippen LogP contribution in [0.4, 0.5) is 5.82 Å². The Labute approximate surface area is 105 Å². The van der Waals surface area contributed by atoms with Gasteiger partial charge in [-0.15, -0.1) is 0 Å². The molecule has 1 aromatic rings. The fourth-order valence-corrected chi connectivity index (χ4v) is 1.57. The highest BCUT2D eigenvalue weighted by Crippen LogP contribution is 2.25. The van der Waals surface area contributed by atoms with Crippen LogP contribution in [0, 0.1) is 0 Å². The van der Waals surface area contributed by atoms with Crippen LogP contribution in [0.3, 0.4) is 0 Å². The van der Waals surface area contributed by atoms with Crippen LogP contribution in [0.15, 0.2) is 6.33 Å². The maximum absolute atomic E-state index is 11.6. The number of esters is 1. The van der Waals surface area contributed by atoms with E-state index in [4.69, 9.17) is 16.2 Å².